The molecule has 1 rings (SSSR count). The number of hydrogen-bond acceptors (Lipinski definition) is 2. The van der Waals surface area contributed by atoms with Crippen molar-refractivity contribution in [1.82, 2.24) is 4.98 Å². The van der Waals surface area contributed by atoms with Gasteiger partial charge in [-0.15, -0.1) is 0 Å². The van der Waals surface area contributed by atoms with Crippen LogP contribution in [0, 0.1) is 5.92 Å². The van der Waals surface area contributed by atoms with Crippen LogP contribution in [0.15, 0.2) is 18.3 Å². The molecule has 0 atom stereocenters. The molecule has 2 heteroatoms. The van der Waals surface area contributed by atoms with Crippen molar-refractivity contribution in [3.8, 4) is 0 Å². The van der Waals surface area contributed by atoms with Crippen molar-refractivity contribution < 1.29 is 0 Å². The fourth-order valence-electron chi connectivity index (χ4n) is 1.05. The Kier molecular flexibility index (Phi) is 3.74. The quantitative estimate of drug-likeness (QED) is 0.766. The fourth-order valence-corrected chi connectivity index (χ4v) is 1.05. The lowest BCUT2D eigenvalue weighted by atomic mass is 10.2. The van der Waals surface area contributed by atoms with Gasteiger partial charge in [-0.2, -0.15) is 0 Å². The van der Waals surface area contributed by atoms with E-state index in [1.54, 1.807) is 0 Å². The van der Waals surface area contributed by atoms with Gasteiger partial charge in [0.15, 0.2) is 0 Å². The van der Waals surface area contributed by atoms with Crippen molar-refractivity contribution in [1.29, 1.82) is 0 Å². The zero-order chi connectivity index (χ0) is 9.68. The maximum Gasteiger partial charge on any atom is 0.125 e. The van der Waals surface area contributed by atoms with Gasteiger partial charge in [-0.1, -0.05) is 26.8 Å². The summed E-state index contributed by atoms with van der Waals surface area (Å²) in [5.41, 5.74) is 1.29. The minimum atomic E-state index is 0.660. The molecule has 1 N–H and O–H groups in total. The Morgan fingerprint density at radius 1 is 1.38 bits per heavy atom. The van der Waals surface area contributed by atoms with Crippen LogP contribution in [0.25, 0.3) is 0 Å². The van der Waals surface area contributed by atoms with Crippen LogP contribution in [0.4, 0.5) is 5.82 Å². The number of anilines is 1. The third kappa shape index (κ3) is 3.45. The van der Waals surface area contributed by atoms with Crippen LogP contribution in [-0.2, 0) is 6.42 Å². The van der Waals surface area contributed by atoms with E-state index >= 15 is 0 Å². The Balaban J connectivity index is 2.49. The molecule has 0 aliphatic rings. The molecule has 72 valence electrons. The van der Waals surface area contributed by atoms with Crippen molar-refractivity contribution in [3.63, 3.8) is 0 Å². The molecule has 1 heterocycles. The second-order valence-electron chi connectivity index (χ2n) is 3.68. The highest BCUT2D eigenvalue weighted by Crippen LogP contribution is 2.06. The van der Waals surface area contributed by atoms with Gasteiger partial charge in [-0.3, -0.25) is 0 Å². The summed E-state index contributed by atoms with van der Waals surface area (Å²) in [7, 11) is 0. The number of hydrogen-bond donors (Lipinski definition) is 1. The van der Waals surface area contributed by atoms with E-state index in [1.165, 1.54) is 5.56 Å². The van der Waals surface area contributed by atoms with Gasteiger partial charge in [0, 0.05) is 12.7 Å². The first-order valence-corrected chi connectivity index (χ1v) is 4.91. The Morgan fingerprint density at radius 3 is 2.62 bits per heavy atom. The van der Waals surface area contributed by atoms with E-state index in [-0.39, 0.29) is 0 Å². The zero-order valence-corrected chi connectivity index (χ0v) is 8.67. The number of aryl methyl sites for hydroxylation is 1. The number of pyridine rings is 1. The summed E-state index contributed by atoms with van der Waals surface area (Å²) in [5, 5.41) is 3.28. The van der Waals surface area contributed by atoms with E-state index in [9.17, 15) is 0 Å². The molecule has 0 aliphatic carbocycles. The van der Waals surface area contributed by atoms with Crippen molar-refractivity contribution in [2.24, 2.45) is 5.92 Å². The molecule has 0 saturated carbocycles. The van der Waals surface area contributed by atoms with Crippen LogP contribution < -0.4 is 5.32 Å². The Bertz CT molecular complexity index is 239. The summed E-state index contributed by atoms with van der Waals surface area (Å²) in [4.78, 5) is 4.31. The van der Waals surface area contributed by atoms with E-state index in [0.29, 0.717) is 5.92 Å². The van der Waals surface area contributed by atoms with Crippen molar-refractivity contribution in [2.75, 3.05) is 11.9 Å². The monoisotopic (exact) mass is 178 g/mol. The molecule has 1 aromatic rings. The highest BCUT2D eigenvalue weighted by atomic mass is 15.0. The van der Waals surface area contributed by atoms with Gasteiger partial charge in [0.2, 0.25) is 0 Å². The summed E-state index contributed by atoms with van der Waals surface area (Å²) < 4.78 is 0. The Labute approximate surface area is 80.4 Å². The van der Waals surface area contributed by atoms with Crippen LogP contribution >= 0.6 is 0 Å². The molecule has 0 radical (unpaired) electrons. The summed E-state index contributed by atoms with van der Waals surface area (Å²) in [6.07, 6.45) is 2.99. The highest BCUT2D eigenvalue weighted by molar-refractivity contribution is 5.35. The second-order valence-corrected chi connectivity index (χ2v) is 3.68. The number of nitrogens with one attached hydrogen (secondary N) is 1. The third-order valence-corrected chi connectivity index (χ3v) is 1.92. The molecular weight excluding hydrogens is 160 g/mol. The standard InChI is InChI=1S/C11H18N2/c1-4-10-5-6-11(13-8-10)12-7-9(2)3/h5-6,8-9H,4,7H2,1-3H3,(H,12,13). The molecule has 2 nitrogen and oxygen atoms in total. The second kappa shape index (κ2) is 4.85. The summed E-state index contributed by atoms with van der Waals surface area (Å²) in [6.45, 7) is 7.50. The molecule has 1 aromatic heterocycles. The SMILES string of the molecule is CCc1ccc(NCC(C)C)nc1. The van der Waals surface area contributed by atoms with E-state index in [4.69, 9.17) is 0 Å². The number of aromatic nitrogens is 1. The summed E-state index contributed by atoms with van der Waals surface area (Å²) in [5.74, 6) is 1.64. The molecular formula is C11H18N2. The lowest BCUT2D eigenvalue weighted by Gasteiger charge is -2.07. The van der Waals surface area contributed by atoms with Gasteiger partial charge in [0.25, 0.3) is 0 Å². The first-order chi connectivity index (χ1) is 6.22. The average molecular weight is 178 g/mol. The molecule has 0 saturated heterocycles. The van der Waals surface area contributed by atoms with Gasteiger partial charge in [0.1, 0.15) is 5.82 Å². The first kappa shape index (κ1) is 10.0. The predicted molar refractivity (Wildman–Crippen MR) is 56.9 cm³/mol. The van der Waals surface area contributed by atoms with E-state index in [2.05, 4.69) is 37.1 Å². The normalized spacial score (nSPS) is 10.5. The maximum atomic E-state index is 4.31. The molecule has 0 aromatic carbocycles. The van der Waals surface area contributed by atoms with Crippen LogP contribution in [-0.4, -0.2) is 11.5 Å². The number of rotatable bonds is 4. The smallest absolute Gasteiger partial charge is 0.125 e. The Morgan fingerprint density at radius 2 is 2.15 bits per heavy atom. The van der Waals surface area contributed by atoms with Gasteiger partial charge >= 0.3 is 0 Å². The van der Waals surface area contributed by atoms with E-state index < -0.39 is 0 Å². The van der Waals surface area contributed by atoms with E-state index in [0.717, 1.165) is 18.8 Å². The fraction of sp³-hybridized carbons (Fsp3) is 0.545. The lowest BCUT2D eigenvalue weighted by Crippen LogP contribution is -2.08. The molecule has 0 bridgehead atoms. The van der Waals surface area contributed by atoms with E-state index in [1.807, 2.05) is 12.3 Å². The maximum absolute atomic E-state index is 4.31. The average Bonchev–Trinajstić information content (AvgIpc) is 2.15. The molecule has 0 fully saturated rings. The van der Waals surface area contributed by atoms with Gasteiger partial charge in [-0.25, -0.2) is 4.98 Å². The van der Waals surface area contributed by atoms with Gasteiger partial charge in [-0.05, 0) is 24.0 Å². The summed E-state index contributed by atoms with van der Waals surface area (Å²) >= 11 is 0. The molecule has 0 unspecified atom stereocenters. The Hall–Kier alpha value is -1.05. The van der Waals surface area contributed by atoms with Gasteiger partial charge in [0.05, 0.1) is 0 Å². The van der Waals surface area contributed by atoms with Crippen LogP contribution in [0.1, 0.15) is 26.3 Å². The minimum Gasteiger partial charge on any atom is -0.370 e. The zero-order valence-electron chi connectivity index (χ0n) is 8.67. The van der Waals surface area contributed by atoms with Crippen LogP contribution in [0.2, 0.25) is 0 Å². The first-order valence-electron chi connectivity index (χ1n) is 4.91. The molecule has 0 amide bonds. The van der Waals surface area contributed by atoms with Crippen molar-refractivity contribution in [3.05, 3.63) is 23.9 Å². The van der Waals surface area contributed by atoms with Crippen LogP contribution in [0.5, 0.6) is 0 Å². The van der Waals surface area contributed by atoms with Crippen molar-refractivity contribution >= 4 is 5.82 Å². The molecule has 0 aliphatic heterocycles. The number of nitrogens with zero attached hydrogens (tertiary/aromatic N) is 1. The van der Waals surface area contributed by atoms with Crippen molar-refractivity contribution in [2.45, 2.75) is 27.2 Å². The minimum absolute atomic E-state index is 0.660. The topological polar surface area (TPSA) is 24.9 Å². The molecule has 13 heavy (non-hydrogen) atoms. The van der Waals surface area contributed by atoms with Crippen LogP contribution in [0.3, 0.4) is 0 Å². The molecule has 0 spiro atoms. The third-order valence-electron chi connectivity index (χ3n) is 1.92. The predicted octanol–water partition coefficient (Wildman–Crippen LogP) is 2.71. The van der Waals surface area contributed by atoms with Gasteiger partial charge < -0.3 is 5.32 Å². The summed E-state index contributed by atoms with van der Waals surface area (Å²) in [6, 6.07) is 4.16. The largest absolute Gasteiger partial charge is 0.370 e. The lowest BCUT2D eigenvalue weighted by molar-refractivity contribution is 0.687. The highest BCUT2D eigenvalue weighted by Gasteiger charge is 1.95.